The third-order valence-electron chi connectivity index (χ3n) is 3.72. The Bertz CT molecular complexity index is 590. The highest BCUT2D eigenvalue weighted by Crippen LogP contribution is 2.32. The summed E-state index contributed by atoms with van der Waals surface area (Å²) in [7, 11) is -3.43. The van der Waals surface area contributed by atoms with Crippen molar-refractivity contribution < 1.29 is 13.2 Å². The summed E-state index contributed by atoms with van der Waals surface area (Å²) in [6, 6.07) is 5.33. The van der Waals surface area contributed by atoms with E-state index < -0.39 is 10.0 Å². The molecule has 2 aliphatic rings. The molecule has 2 bridgehead atoms. The van der Waals surface area contributed by atoms with Crippen LogP contribution < -0.4 is 0 Å². The monoisotopic (exact) mass is 345 g/mol. The molecule has 4 nitrogen and oxygen atoms in total. The molecule has 0 aromatic heterocycles. The lowest BCUT2D eigenvalue weighted by Gasteiger charge is -2.31. The lowest BCUT2D eigenvalue weighted by Crippen LogP contribution is -2.45. The molecule has 19 heavy (non-hydrogen) atoms. The third-order valence-corrected chi connectivity index (χ3v) is 6.52. The summed E-state index contributed by atoms with van der Waals surface area (Å²) in [5, 5.41) is 0. The molecule has 0 radical (unpaired) electrons. The van der Waals surface area contributed by atoms with Gasteiger partial charge in [0.05, 0.1) is 17.1 Å². The van der Waals surface area contributed by atoms with Gasteiger partial charge < -0.3 is 4.74 Å². The van der Waals surface area contributed by atoms with E-state index >= 15 is 0 Å². The first-order valence-corrected chi connectivity index (χ1v) is 8.62. The number of nitrogens with zero attached hydrogens (tertiary/aromatic N) is 1. The van der Waals surface area contributed by atoms with Crippen LogP contribution >= 0.6 is 15.9 Å². The zero-order chi connectivity index (χ0) is 13.6. The number of hydrogen-bond acceptors (Lipinski definition) is 3. The molecule has 1 aromatic carbocycles. The number of benzene rings is 1. The maximum atomic E-state index is 12.7. The maximum absolute atomic E-state index is 12.7. The van der Waals surface area contributed by atoms with E-state index in [1.165, 1.54) is 0 Å². The summed E-state index contributed by atoms with van der Waals surface area (Å²) in [5.74, 6) is 0. The summed E-state index contributed by atoms with van der Waals surface area (Å²) < 4.78 is 33.2. The average Bonchev–Trinajstić information content (AvgIpc) is 2.67. The molecule has 2 aliphatic heterocycles. The van der Waals surface area contributed by atoms with Gasteiger partial charge in [-0.05, 0) is 53.4 Å². The lowest BCUT2D eigenvalue weighted by atomic mass is 10.2. The Labute approximate surface area is 121 Å². The van der Waals surface area contributed by atoms with Crippen LogP contribution in [0.4, 0.5) is 0 Å². The van der Waals surface area contributed by atoms with Crippen LogP contribution in [0.25, 0.3) is 0 Å². The molecule has 0 N–H and O–H groups in total. The smallest absolute Gasteiger partial charge is 0.244 e. The first-order chi connectivity index (χ1) is 8.96. The highest BCUT2D eigenvalue weighted by molar-refractivity contribution is 9.10. The molecule has 2 unspecified atom stereocenters. The fourth-order valence-electron chi connectivity index (χ4n) is 2.73. The van der Waals surface area contributed by atoms with Crippen LogP contribution in [0.2, 0.25) is 0 Å². The Morgan fingerprint density at radius 2 is 1.89 bits per heavy atom. The van der Waals surface area contributed by atoms with Gasteiger partial charge in [-0.15, -0.1) is 0 Å². The van der Waals surface area contributed by atoms with Crippen molar-refractivity contribution in [2.75, 3.05) is 13.1 Å². The predicted molar refractivity (Wildman–Crippen MR) is 75.5 cm³/mol. The van der Waals surface area contributed by atoms with Crippen molar-refractivity contribution in [2.24, 2.45) is 0 Å². The van der Waals surface area contributed by atoms with Crippen LogP contribution in [0.3, 0.4) is 0 Å². The van der Waals surface area contributed by atoms with Crippen molar-refractivity contribution in [2.45, 2.75) is 36.9 Å². The van der Waals surface area contributed by atoms with Crippen molar-refractivity contribution in [3.63, 3.8) is 0 Å². The molecular formula is C13H16BrNO3S. The minimum Gasteiger partial charge on any atom is -0.372 e. The van der Waals surface area contributed by atoms with E-state index in [0.29, 0.717) is 22.5 Å². The van der Waals surface area contributed by atoms with Crippen LogP contribution in [-0.2, 0) is 14.8 Å². The minimum absolute atomic E-state index is 0.0674. The number of fused-ring (bicyclic) bond motifs is 2. The SMILES string of the molecule is Cc1ccc(S(=O)(=O)N2CC3CCC(C2)O3)c(Br)c1. The van der Waals surface area contributed by atoms with E-state index in [1.54, 1.807) is 10.4 Å². The van der Waals surface area contributed by atoms with Crippen LogP contribution in [0, 0.1) is 6.92 Å². The quantitative estimate of drug-likeness (QED) is 0.826. The van der Waals surface area contributed by atoms with E-state index in [2.05, 4.69) is 15.9 Å². The number of ether oxygens (including phenoxy) is 1. The normalized spacial score (nSPS) is 27.7. The Hall–Kier alpha value is -0.430. The van der Waals surface area contributed by atoms with Gasteiger partial charge in [0.25, 0.3) is 0 Å². The summed E-state index contributed by atoms with van der Waals surface area (Å²) in [4.78, 5) is 0.347. The van der Waals surface area contributed by atoms with Gasteiger partial charge in [-0.25, -0.2) is 8.42 Å². The van der Waals surface area contributed by atoms with Crippen LogP contribution in [0.15, 0.2) is 27.6 Å². The van der Waals surface area contributed by atoms with Crippen molar-refractivity contribution in [3.05, 3.63) is 28.2 Å². The van der Waals surface area contributed by atoms with E-state index in [4.69, 9.17) is 4.74 Å². The van der Waals surface area contributed by atoms with Gasteiger partial charge in [0.2, 0.25) is 10.0 Å². The second-order valence-corrected chi connectivity index (χ2v) is 7.97. The van der Waals surface area contributed by atoms with Gasteiger partial charge in [0, 0.05) is 17.6 Å². The molecule has 104 valence electrons. The van der Waals surface area contributed by atoms with E-state index in [0.717, 1.165) is 18.4 Å². The fraction of sp³-hybridized carbons (Fsp3) is 0.538. The molecule has 2 saturated heterocycles. The molecule has 2 heterocycles. The molecule has 0 amide bonds. The predicted octanol–water partition coefficient (Wildman–Crippen LogP) is 2.31. The Morgan fingerprint density at radius 1 is 1.26 bits per heavy atom. The largest absolute Gasteiger partial charge is 0.372 e. The third kappa shape index (κ3) is 2.46. The van der Waals surface area contributed by atoms with Gasteiger partial charge in [-0.3, -0.25) is 0 Å². The lowest BCUT2D eigenvalue weighted by molar-refractivity contribution is -0.0114. The standard InChI is InChI=1S/C13H16BrNO3S/c1-9-2-5-13(12(14)6-9)19(16,17)15-7-10-3-4-11(8-15)18-10/h2,5-6,10-11H,3-4,7-8H2,1H3. The van der Waals surface area contributed by atoms with Crippen LogP contribution in [0.5, 0.6) is 0 Å². The fourth-order valence-corrected chi connectivity index (χ4v) is 5.38. The molecule has 2 fully saturated rings. The first kappa shape index (κ1) is 13.5. The maximum Gasteiger partial charge on any atom is 0.244 e. The zero-order valence-corrected chi connectivity index (χ0v) is 13.1. The Kier molecular flexibility index (Phi) is 3.45. The Morgan fingerprint density at radius 3 is 2.47 bits per heavy atom. The van der Waals surface area contributed by atoms with Gasteiger partial charge in [-0.2, -0.15) is 4.31 Å². The summed E-state index contributed by atoms with van der Waals surface area (Å²) in [6.45, 7) is 2.88. The number of hydrogen-bond donors (Lipinski definition) is 0. The van der Waals surface area contributed by atoms with Gasteiger partial charge in [-0.1, -0.05) is 6.07 Å². The van der Waals surface area contributed by atoms with Crippen molar-refractivity contribution in [3.8, 4) is 0 Å². The molecule has 0 saturated carbocycles. The summed E-state index contributed by atoms with van der Waals surface area (Å²) >= 11 is 3.36. The molecule has 2 atom stereocenters. The van der Waals surface area contributed by atoms with Gasteiger partial charge >= 0.3 is 0 Å². The topological polar surface area (TPSA) is 46.6 Å². The van der Waals surface area contributed by atoms with E-state index in [-0.39, 0.29) is 12.2 Å². The second-order valence-electron chi connectivity index (χ2n) is 5.21. The molecule has 0 spiro atoms. The number of morpholine rings is 1. The zero-order valence-electron chi connectivity index (χ0n) is 10.7. The average molecular weight is 346 g/mol. The number of halogens is 1. The molecular weight excluding hydrogens is 330 g/mol. The van der Waals surface area contributed by atoms with Crippen LogP contribution in [-0.4, -0.2) is 38.0 Å². The van der Waals surface area contributed by atoms with Crippen LogP contribution in [0.1, 0.15) is 18.4 Å². The van der Waals surface area contributed by atoms with Crippen molar-refractivity contribution in [1.82, 2.24) is 4.31 Å². The highest BCUT2D eigenvalue weighted by atomic mass is 79.9. The summed E-state index contributed by atoms with van der Waals surface area (Å²) in [5.41, 5.74) is 1.04. The molecule has 0 aliphatic carbocycles. The second kappa shape index (κ2) is 4.84. The number of sulfonamides is 1. The van der Waals surface area contributed by atoms with Crippen molar-refractivity contribution in [1.29, 1.82) is 0 Å². The van der Waals surface area contributed by atoms with Crippen molar-refractivity contribution >= 4 is 26.0 Å². The van der Waals surface area contributed by atoms with E-state index in [9.17, 15) is 8.42 Å². The Balaban J connectivity index is 1.94. The molecule has 3 rings (SSSR count). The van der Waals surface area contributed by atoms with Gasteiger partial charge in [0.15, 0.2) is 0 Å². The molecule has 1 aromatic rings. The van der Waals surface area contributed by atoms with Gasteiger partial charge in [0.1, 0.15) is 0 Å². The number of rotatable bonds is 2. The summed E-state index contributed by atoms with van der Waals surface area (Å²) in [6.07, 6.45) is 2.06. The number of aryl methyl sites for hydroxylation is 1. The highest BCUT2D eigenvalue weighted by Gasteiger charge is 2.39. The van der Waals surface area contributed by atoms with E-state index in [1.807, 2.05) is 19.1 Å². The molecule has 6 heteroatoms. The minimum atomic E-state index is -3.43. The first-order valence-electron chi connectivity index (χ1n) is 6.38.